The van der Waals surface area contributed by atoms with Gasteiger partial charge in [0.2, 0.25) is 0 Å². The molecule has 0 aromatic carbocycles. The Morgan fingerprint density at radius 3 is 2.17 bits per heavy atom. The van der Waals surface area contributed by atoms with Crippen molar-refractivity contribution in [2.24, 2.45) is 0 Å². The summed E-state index contributed by atoms with van der Waals surface area (Å²) in [4.78, 5) is 0. The van der Waals surface area contributed by atoms with Gasteiger partial charge in [-0.05, 0) is 25.8 Å². The second-order valence-corrected chi connectivity index (χ2v) is 3.70. The molecule has 0 atom stereocenters. The molecule has 0 aliphatic carbocycles. The van der Waals surface area contributed by atoms with Crippen LogP contribution in [0.1, 0.15) is 45.3 Å². The van der Waals surface area contributed by atoms with Crippen LogP contribution in [0, 0.1) is 5.82 Å². The highest BCUT2D eigenvalue weighted by Crippen LogP contribution is 2.22. The maximum absolute atomic E-state index is 13.2. The normalized spacial score (nSPS) is 11.6. The van der Waals surface area contributed by atoms with E-state index in [9.17, 15) is 4.39 Å². The van der Waals surface area contributed by atoms with Gasteiger partial charge in [0.1, 0.15) is 5.82 Å². The van der Waals surface area contributed by atoms with Gasteiger partial charge in [-0.25, -0.2) is 4.39 Å². The summed E-state index contributed by atoms with van der Waals surface area (Å²) < 4.78 is 15.2. The molecule has 0 N–H and O–H groups in total. The van der Waals surface area contributed by atoms with Gasteiger partial charge in [-0.2, -0.15) is 0 Å². The number of aromatic nitrogens is 1. The summed E-state index contributed by atoms with van der Waals surface area (Å²) in [6.45, 7) is 8.14. The lowest BCUT2D eigenvalue weighted by Crippen LogP contribution is -2.06. The number of rotatable bonds is 2. The fourth-order valence-electron chi connectivity index (χ4n) is 1.46. The lowest BCUT2D eigenvalue weighted by molar-refractivity contribution is 0.523. The first-order valence-electron chi connectivity index (χ1n) is 4.40. The summed E-state index contributed by atoms with van der Waals surface area (Å²) in [6.07, 6.45) is 1.81. The second-order valence-electron chi connectivity index (χ2n) is 3.70. The number of hydrogen-bond acceptors (Lipinski definition) is 0. The van der Waals surface area contributed by atoms with Crippen molar-refractivity contribution in [1.29, 1.82) is 0 Å². The minimum Gasteiger partial charge on any atom is -0.346 e. The van der Waals surface area contributed by atoms with Crippen LogP contribution >= 0.6 is 0 Å². The van der Waals surface area contributed by atoms with E-state index in [-0.39, 0.29) is 11.7 Å². The van der Waals surface area contributed by atoms with E-state index < -0.39 is 0 Å². The molecular formula is C10H16FN. The molecule has 0 unspecified atom stereocenters. The van der Waals surface area contributed by atoms with Gasteiger partial charge in [0, 0.05) is 12.2 Å². The van der Waals surface area contributed by atoms with Crippen LogP contribution in [0.25, 0.3) is 0 Å². The Labute approximate surface area is 73.2 Å². The topological polar surface area (TPSA) is 4.93 Å². The molecule has 0 radical (unpaired) electrons. The van der Waals surface area contributed by atoms with Crippen molar-refractivity contribution in [2.45, 2.75) is 39.7 Å². The average molecular weight is 169 g/mol. The summed E-state index contributed by atoms with van der Waals surface area (Å²) in [6, 6.07) is 1.88. The van der Waals surface area contributed by atoms with Gasteiger partial charge >= 0.3 is 0 Å². The highest BCUT2D eigenvalue weighted by molar-refractivity contribution is 5.14. The van der Waals surface area contributed by atoms with Gasteiger partial charge < -0.3 is 4.57 Å². The van der Waals surface area contributed by atoms with Crippen molar-refractivity contribution >= 4 is 0 Å². The fourth-order valence-corrected chi connectivity index (χ4v) is 1.46. The van der Waals surface area contributed by atoms with Crippen LogP contribution in [0.5, 0.6) is 0 Å². The summed E-state index contributed by atoms with van der Waals surface area (Å²) in [7, 11) is 0. The Morgan fingerprint density at radius 2 is 1.83 bits per heavy atom. The van der Waals surface area contributed by atoms with Gasteiger partial charge in [-0.3, -0.25) is 0 Å². The van der Waals surface area contributed by atoms with Crippen LogP contribution in [0.3, 0.4) is 0 Å². The van der Waals surface area contributed by atoms with E-state index in [0.29, 0.717) is 6.04 Å². The van der Waals surface area contributed by atoms with Gasteiger partial charge in [0.25, 0.3) is 0 Å². The molecular weight excluding hydrogens is 153 g/mol. The molecule has 12 heavy (non-hydrogen) atoms. The molecule has 0 saturated carbocycles. The predicted molar refractivity (Wildman–Crippen MR) is 48.9 cm³/mol. The highest BCUT2D eigenvalue weighted by Gasteiger charge is 2.13. The molecule has 0 aliphatic rings. The Morgan fingerprint density at radius 1 is 1.25 bits per heavy atom. The zero-order chi connectivity index (χ0) is 9.30. The van der Waals surface area contributed by atoms with E-state index in [0.717, 1.165) is 5.69 Å². The van der Waals surface area contributed by atoms with E-state index >= 15 is 0 Å². The number of nitrogens with zero attached hydrogens (tertiary/aromatic N) is 1. The minimum atomic E-state index is -0.0845. The Bertz CT molecular complexity index is 261. The van der Waals surface area contributed by atoms with E-state index in [2.05, 4.69) is 13.8 Å². The third-order valence-electron chi connectivity index (χ3n) is 2.01. The van der Waals surface area contributed by atoms with Crippen LogP contribution in [0.2, 0.25) is 0 Å². The van der Waals surface area contributed by atoms with Gasteiger partial charge in [0.05, 0.1) is 5.69 Å². The monoisotopic (exact) mass is 169 g/mol. The third-order valence-corrected chi connectivity index (χ3v) is 2.01. The maximum Gasteiger partial charge on any atom is 0.144 e. The molecule has 0 bridgehead atoms. The van der Waals surface area contributed by atoms with Crippen molar-refractivity contribution in [2.75, 3.05) is 0 Å². The lowest BCUT2D eigenvalue weighted by Gasteiger charge is -2.15. The Balaban J connectivity index is 3.12. The quantitative estimate of drug-likeness (QED) is 0.640. The number of halogens is 1. The first-order valence-corrected chi connectivity index (χ1v) is 4.40. The van der Waals surface area contributed by atoms with Crippen molar-refractivity contribution < 1.29 is 4.39 Å². The maximum atomic E-state index is 13.2. The lowest BCUT2D eigenvalue weighted by atomic mass is 10.1. The Hall–Kier alpha value is -0.790. The van der Waals surface area contributed by atoms with Gasteiger partial charge in [-0.15, -0.1) is 0 Å². The molecule has 1 heterocycles. The van der Waals surface area contributed by atoms with Gasteiger partial charge in [-0.1, -0.05) is 13.8 Å². The predicted octanol–water partition coefficient (Wildman–Crippen LogP) is 3.33. The highest BCUT2D eigenvalue weighted by atomic mass is 19.1. The molecule has 68 valence electrons. The summed E-state index contributed by atoms with van der Waals surface area (Å²) in [5.74, 6) is 0.168. The molecule has 1 aromatic heterocycles. The van der Waals surface area contributed by atoms with Crippen LogP contribution in [0.4, 0.5) is 4.39 Å². The zero-order valence-corrected chi connectivity index (χ0v) is 8.13. The van der Waals surface area contributed by atoms with E-state index in [1.807, 2.05) is 24.6 Å². The van der Waals surface area contributed by atoms with Crippen LogP contribution < -0.4 is 0 Å². The third kappa shape index (κ3) is 1.52. The van der Waals surface area contributed by atoms with Crippen molar-refractivity contribution in [3.8, 4) is 0 Å². The molecule has 2 heteroatoms. The standard InChI is InChI=1S/C10H16FN/c1-7(2)10-9(11)5-6-12(10)8(3)4/h5-8H,1-4H3. The zero-order valence-electron chi connectivity index (χ0n) is 8.13. The Kier molecular flexibility index (Phi) is 2.55. The van der Waals surface area contributed by atoms with Crippen LogP contribution in [0.15, 0.2) is 12.3 Å². The molecule has 0 fully saturated rings. The van der Waals surface area contributed by atoms with E-state index in [1.54, 1.807) is 0 Å². The molecule has 1 rings (SSSR count). The summed E-state index contributed by atoms with van der Waals surface area (Å²) >= 11 is 0. The average Bonchev–Trinajstić information content (AvgIpc) is 2.30. The molecule has 0 spiro atoms. The molecule has 1 aromatic rings. The van der Waals surface area contributed by atoms with Crippen molar-refractivity contribution in [3.63, 3.8) is 0 Å². The summed E-state index contributed by atoms with van der Waals surface area (Å²) in [5, 5.41) is 0. The fraction of sp³-hybridized carbons (Fsp3) is 0.600. The van der Waals surface area contributed by atoms with E-state index in [4.69, 9.17) is 0 Å². The number of hydrogen-bond donors (Lipinski definition) is 0. The molecule has 0 aliphatic heterocycles. The molecule has 0 saturated heterocycles. The van der Waals surface area contributed by atoms with Crippen LogP contribution in [-0.2, 0) is 0 Å². The minimum absolute atomic E-state index is 0.0845. The van der Waals surface area contributed by atoms with Crippen molar-refractivity contribution in [1.82, 2.24) is 4.57 Å². The van der Waals surface area contributed by atoms with E-state index in [1.165, 1.54) is 6.07 Å². The first kappa shape index (κ1) is 9.30. The first-order chi connectivity index (χ1) is 5.54. The van der Waals surface area contributed by atoms with Crippen LogP contribution in [-0.4, -0.2) is 4.57 Å². The second kappa shape index (κ2) is 3.30. The van der Waals surface area contributed by atoms with Crippen molar-refractivity contribution in [3.05, 3.63) is 23.8 Å². The molecule has 0 amide bonds. The SMILES string of the molecule is CC(C)c1c(F)ccn1C(C)C. The summed E-state index contributed by atoms with van der Waals surface area (Å²) in [5.41, 5.74) is 0.810. The van der Waals surface area contributed by atoms with Gasteiger partial charge in [0.15, 0.2) is 0 Å². The molecule has 1 nitrogen and oxygen atoms in total. The smallest absolute Gasteiger partial charge is 0.144 e. The largest absolute Gasteiger partial charge is 0.346 e.